The summed E-state index contributed by atoms with van der Waals surface area (Å²) in [5, 5.41) is 8.46. The quantitative estimate of drug-likeness (QED) is 0.722. The lowest BCUT2D eigenvalue weighted by atomic mass is 10.2. The van der Waals surface area contributed by atoms with Crippen LogP contribution in [-0.4, -0.2) is 14.2 Å². The zero-order chi connectivity index (χ0) is 10.1. The molecule has 2 nitrogen and oxygen atoms in total. The molecule has 0 saturated heterocycles. The predicted octanol–water partition coefficient (Wildman–Crippen LogP) is 3.07. The molecule has 0 amide bonds. The molecule has 0 radical (unpaired) electrons. The minimum absolute atomic E-state index is 0.644. The van der Waals surface area contributed by atoms with Crippen LogP contribution in [0.4, 0.5) is 0 Å². The molecule has 1 rings (SSSR count). The van der Waals surface area contributed by atoms with Crippen molar-refractivity contribution in [1.29, 1.82) is 5.26 Å². The van der Waals surface area contributed by atoms with E-state index in [2.05, 4.69) is 4.74 Å². The van der Waals surface area contributed by atoms with E-state index < -0.39 is 0 Å². The Morgan fingerprint density at radius 3 is 2.54 bits per heavy atom. The molecule has 1 aromatic carbocycles. The van der Waals surface area contributed by atoms with Crippen molar-refractivity contribution in [3.63, 3.8) is 0 Å². The third kappa shape index (κ3) is 5.53. The van der Waals surface area contributed by atoms with Gasteiger partial charge in [0.25, 0.3) is 0 Å². The number of ether oxygens (including phenoxy) is 1. The monoisotopic (exact) mass is 215 g/mol. The number of hydrogen-bond acceptors (Lipinski definition) is 3. The number of nitriles is 1. The van der Waals surface area contributed by atoms with E-state index in [0.717, 1.165) is 15.9 Å². The van der Waals surface area contributed by atoms with Gasteiger partial charge in [-0.15, -0.1) is 0 Å². The zero-order valence-electron chi connectivity index (χ0n) is 7.45. The van der Waals surface area contributed by atoms with Crippen LogP contribution in [0.15, 0.2) is 29.2 Å². The summed E-state index contributed by atoms with van der Waals surface area (Å²) in [6.07, 6.45) is 0. The molecule has 0 heterocycles. The summed E-state index contributed by atoms with van der Waals surface area (Å²) >= 11 is 0. The summed E-state index contributed by atoms with van der Waals surface area (Å²) in [6.45, 7) is 0. The van der Waals surface area contributed by atoms with Crippen molar-refractivity contribution in [2.24, 2.45) is 0 Å². The Morgan fingerprint density at radius 1 is 1.46 bits per heavy atom. The number of hydrogen-bond donors (Lipinski definition) is 0. The van der Waals surface area contributed by atoms with Crippen molar-refractivity contribution in [2.75, 3.05) is 14.2 Å². The SMILES string of the molecule is COC.N#Cc1cccc(SCl)c1. The van der Waals surface area contributed by atoms with E-state index in [-0.39, 0.29) is 0 Å². The van der Waals surface area contributed by atoms with Crippen LogP contribution in [0.1, 0.15) is 5.56 Å². The van der Waals surface area contributed by atoms with Gasteiger partial charge in [-0.1, -0.05) is 6.07 Å². The minimum Gasteiger partial charge on any atom is -0.388 e. The van der Waals surface area contributed by atoms with Gasteiger partial charge in [0.1, 0.15) is 0 Å². The highest BCUT2D eigenvalue weighted by atomic mass is 35.7. The summed E-state index contributed by atoms with van der Waals surface area (Å²) in [5.41, 5.74) is 0.644. The third-order valence-electron chi connectivity index (χ3n) is 1.05. The van der Waals surface area contributed by atoms with E-state index in [1.165, 1.54) is 0 Å². The molecule has 0 aromatic heterocycles. The van der Waals surface area contributed by atoms with Gasteiger partial charge in [0.05, 0.1) is 11.6 Å². The molecule has 0 fully saturated rings. The number of nitrogens with zero attached hydrogens (tertiary/aromatic N) is 1. The van der Waals surface area contributed by atoms with Gasteiger partial charge in [-0.2, -0.15) is 5.26 Å². The van der Waals surface area contributed by atoms with Crippen LogP contribution in [0, 0.1) is 11.3 Å². The van der Waals surface area contributed by atoms with E-state index in [1.807, 2.05) is 18.2 Å². The van der Waals surface area contributed by atoms with Gasteiger partial charge in [-0.3, -0.25) is 0 Å². The summed E-state index contributed by atoms with van der Waals surface area (Å²) < 4.78 is 4.25. The van der Waals surface area contributed by atoms with Crippen LogP contribution < -0.4 is 0 Å². The van der Waals surface area contributed by atoms with Crippen LogP contribution in [0.3, 0.4) is 0 Å². The van der Waals surface area contributed by atoms with Gasteiger partial charge >= 0.3 is 0 Å². The maximum atomic E-state index is 8.46. The Balaban J connectivity index is 0.000000424. The topological polar surface area (TPSA) is 33.0 Å². The summed E-state index contributed by atoms with van der Waals surface area (Å²) in [7, 11) is 9.83. The van der Waals surface area contributed by atoms with Gasteiger partial charge in [-0.05, 0) is 39.9 Å². The highest BCUT2D eigenvalue weighted by Gasteiger charge is 1.91. The van der Waals surface area contributed by atoms with Crippen LogP contribution >= 0.6 is 21.7 Å². The molecule has 13 heavy (non-hydrogen) atoms. The molecule has 0 aliphatic rings. The highest BCUT2D eigenvalue weighted by molar-refractivity contribution is 8.21. The van der Waals surface area contributed by atoms with E-state index in [9.17, 15) is 0 Å². The van der Waals surface area contributed by atoms with Crippen LogP contribution in [0.5, 0.6) is 0 Å². The first-order valence-corrected chi connectivity index (χ1v) is 5.11. The predicted molar refractivity (Wildman–Crippen MR) is 55.8 cm³/mol. The maximum absolute atomic E-state index is 8.46. The first-order valence-electron chi connectivity index (χ1n) is 3.47. The molecular weight excluding hydrogens is 206 g/mol. The Labute approximate surface area is 87.0 Å². The normalized spacial score (nSPS) is 8.15. The molecule has 4 heteroatoms. The van der Waals surface area contributed by atoms with Crippen LogP contribution in [0.2, 0.25) is 0 Å². The minimum atomic E-state index is 0.644. The molecular formula is C9H10ClNOS. The second-order valence-corrected chi connectivity index (χ2v) is 3.21. The van der Waals surface area contributed by atoms with Crippen molar-refractivity contribution in [3.8, 4) is 6.07 Å². The molecule has 0 N–H and O–H groups in total. The van der Waals surface area contributed by atoms with E-state index >= 15 is 0 Å². The first kappa shape index (κ1) is 12.3. The lowest BCUT2D eigenvalue weighted by molar-refractivity contribution is 0.277. The van der Waals surface area contributed by atoms with Crippen molar-refractivity contribution >= 4 is 21.7 Å². The summed E-state index contributed by atoms with van der Waals surface area (Å²) in [4.78, 5) is 0.903. The zero-order valence-corrected chi connectivity index (χ0v) is 9.02. The van der Waals surface area contributed by atoms with E-state index in [1.54, 1.807) is 26.4 Å². The Morgan fingerprint density at radius 2 is 2.08 bits per heavy atom. The largest absolute Gasteiger partial charge is 0.388 e. The highest BCUT2D eigenvalue weighted by Crippen LogP contribution is 2.21. The van der Waals surface area contributed by atoms with Crippen molar-refractivity contribution < 1.29 is 4.74 Å². The third-order valence-corrected chi connectivity index (χ3v) is 2.02. The molecule has 0 aliphatic carbocycles. The maximum Gasteiger partial charge on any atom is 0.0992 e. The molecule has 0 atom stereocenters. The van der Waals surface area contributed by atoms with Gasteiger partial charge in [-0.25, -0.2) is 0 Å². The Bertz CT molecular complexity index is 285. The first-order chi connectivity index (χ1) is 6.28. The number of rotatable bonds is 1. The molecule has 0 spiro atoms. The lowest BCUT2D eigenvalue weighted by Crippen LogP contribution is -1.72. The average Bonchev–Trinajstić information content (AvgIpc) is 2.19. The number of halogens is 1. The average molecular weight is 216 g/mol. The molecule has 0 bridgehead atoms. The number of methoxy groups -OCH3 is 1. The number of benzene rings is 1. The fourth-order valence-electron chi connectivity index (χ4n) is 0.614. The second kappa shape index (κ2) is 7.93. The van der Waals surface area contributed by atoms with E-state index in [0.29, 0.717) is 5.56 Å². The van der Waals surface area contributed by atoms with E-state index in [4.69, 9.17) is 15.9 Å². The van der Waals surface area contributed by atoms with Gasteiger partial charge in [0.15, 0.2) is 0 Å². The Hall–Kier alpha value is -0.690. The van der Waals surface area contributed by atoms with Crippen molar-refractivity contribution in [3.05, 3.63) is 29.8 Å². The summed E-state index contributed by atoms with van der Waals surface area (Å²) in [5.74, 6) is 0. The fourth-order valence-corrected chi connectivity index (χ4v) is 1.20. The van der Waals surface area contributed by atoms with Crippen molar-refractivity contribution in [2.45, 2.75) is 4.90 Å². The second-order valence-electron chi connectivity index (χ2n) is 2.13. The fraction of sp³-hybridized carbons (Fsp3) is 0.222. The van der Waals surface area contributed by atoms with Crippen LogP contribution in [0.25, 0.3) is 0 Å². The lowest BCUT2D eigenvalue weighted by Gasteiger charge is -1.91. The molecule has 70 valence electrons. The molecule has 0 unspecified atom stereocenters. The van der Waals surface area contributed by atoms with Gasteiger partial charge in [0, 0.05) is 19.1 Å². The molecule has 0 aliphatic heterocycles. The standard InChI is InChI=1S/C7H4ClNS.C2H6O/c8-10-7-3-1-2-6(4-7)5-9;1-3-2/h1-4H;1-2H3. The Kier molecular flexibility index (Phi) is 7.51. The van der Waals surface area contributed by atoms with Gasteiger partial charge < -0.3 is 4.74 Å². The molecule has 0 saturated carbocycles. The summed E-state index contributed by atoms with van der Waals surface area (Å²) in [6, 6.07) is 9.19. The molecule has 1 aromatic rings. The van der Waals surface area contributed by atoms with Crippen molar-refractivity contribution in [1.82, 2.24) is 0 Å². The smallest absolute Gasteiger partial charge is 0.0992 e. The van der Waals surface area contributed by atoms with Crippen LogP contribution in [-0.2, 0) is 4.74 Å². The van der Waals surface area contributed by atoms with Gasteiger partial charge in [0.2, 0.25) is 0 Å².